The standard InChI is InChI=1S/C15H18ClN3O2/c1-15(2,3)12-8-14(21-19-12)18-13(20)9-17-11-6-4-10(16)5-7-11/h4-8,17H,9H2,1-3H3,(H,18,20). The van der Waals surface area contributed by atoms with Crippen molar-refractivity contribution >= 4 is 29.1 Å². The summed E-state index contributed by atoms with van der Waals surface area (Å²) >= 11 is 5.79. The van der Waals surface area contributed by atoms with E-state index in [4.69, 9.17) is 16.1 Å². The summed E-state index contributed by atoms with van der Waals surface area (Å²) in [4.78, 5) is 11.8. The Kier molecular flexibility index (Phi) is 4.53. The van der Waals surface area contributed by atoms with Crippen molar-refractivity contribution in [3.63, 3.8) is 0 Å². The van der Waals surface area contributed by atoms with E-state index in [1.54, 1.807) is 18.2 Å². The summed E-state index contributed by atoms with van der Waals surface area (Å²) in [6.45, 7) is 6.21. The first-order valence-corrected chi connectivity index (χ1v) is 6.99. The predicted molar refractivity (Wildman–Crippen MR) is 83.8 cm³/mol. The summed E-state index contributed by atoms with van der Waals surface area (Å²) in [7, 11) is 0. The lowest BCUT2D eigenvalue weighted by Gasteiger charge is -2.12. The van der Waals surface area contributed by atoms with Gasteiger partial charge in [-0.05, 0) is 24.3 Å². The Morgan fingerprint density at radius 1 is 1.29 bits per heavy atom. The first-order chi connectivity index (χ1) is 9.84. The van der Waals surface area contributed by atoms with Crippen LogP contribution in [0.5, 0.6) is 0 Å². The lowest BCUT2D eigenvalue weighted by Crippen LogP contribution is -2.21. The maximum absolute atomic E-state index is 11.8. The van der Waals surface area contributed by atoms with Crippen molar-refractivity contribution in [1.82, 2.24) is 5.16 Å². The smallest absolute Gasteiger partial charge is 0.246 e. The van der Waals surface area contributed by atoms with E-state index in [1.807, 2.05) is 32.9 Å². The van der Waals surface area contributed by atoms with Crippen LogP contribution in [0.1, 0.15) is 26.5 Å². The van der Waals surface area contributed by atoms with E-state index in [0.717, 1.165) is 11.4 Å². The molecule has 0 spiro atoms. The number of carbonyl (C=O) groups excluding carboxylic acids is 1. The number of benzene rings is 1. The zero-order chi connectivity index (χ0) is 15.5. The Balaban J connectivity index is 1.87. The van der Waals surface area contributed by atoms with Crippen LogP contribution < -0.4 is 10.6 Å². The summed E-state index contributed by atoms with van der Waals surface area (Å²) in [5, 5.41) is 10.3. The van der Waals surface area contributed by atoms with E-state index in [1.165, 1.54) is 0 Å². The Hall–Kier alpha value is -2.01. The number of hydrogen-bond acceptors (Lipinski definition) is 4. The van der Waals surface area contributed by atoms with Crippen LogP contribution in [0.2, 0.25) is 5.02 Å². The largest absolute Gasteiger partial charge is 0.376 e. The van der Waals surface area contributed by atoms with Crippen molar-refractivity contribution in [3.05, 3.63) is 41.0 Å². The zero-order valence-corrected chi connectivity index (χ0v) is 13.0. The Labute approximate surface area is 128 Å². The number of halogens is 1. The molecule has 0 aliphatic rings. The summed E-state index contributed by atoms with van der Waals surface area (Å²) in [6.07, 6.45) is 0. The minimum atomic E-state index is -0.207. The minimum absolute atomic E-state index is 0.117. The molecule has 2 aromatic rings. The molecule has 0 atom stereocenters. The van der Waals surface area contributed by atoms with Gasteiger partial charge < -0.3 is 9.84 Å². The molecule has 5 nitrogen and oxygen atoms in total. The molecule has 21 heavy (non-hydrogen) atoms. The van der Waals surface area contributed by atoms with Crippen LogP contribution >= 0.6 is 11.6 Å². The van der Waals surface area contributed by atoms with Crippen LogP contribution in [0.25, 0.3) is 0 Å². The number of nitrogens with one attached hydrogen (secondary N) is 2. The molecule has 0 aliphatic carbocycles. The number of aromatic nitrogens is 1. The van der Waals surface area contributed by atoms with Crippen LogP contribution in [-0.4, -0.2) is 17.6 Å². The molecule has 1 aromatic carbocycles. The Morgan fingerprint density at radius 2 is 1.95 bits per heavy atom. The maximum atomic E-state index is 11.8. The molecule has 0 aliphatic heterocycles. The second kappa shape index (κ2) is 6.18. The number of carbonyl (C=O) groups is 1. The molecule has 2 N–H and O–H groups in total. The monoisotopic (exact) mass is 307 g/mol. The van der Waals surface area contributed by atoms with Gasteiger partial charge in [0.05, 0.1) is 12.2 Å². The van der Waals surface area contributed by atoms with Gasteiger partial charge in [-0.15, -0.1) is 0 Å². The van der Waals surface area contributed by atoms with E-state index in [9.17, 15) is 4.79 Å². The topological polar surface area (TPSA) is 67.2 Å². The predicted octanol–water partition coefficient (Wildman–Crippen LogP) is 3.68. The van der Waals surface area contributed by atoms with Gasteiger partial charge in [0.25, 0.3) is 0 Å². The van der Waals surface area contributed by atoms with E-state index in [2.05, 4.69) is 15.8 Å². The second-order valence-corrected chi connectivity index (χ2v) is 6.17. The molecule has 0 fully saturated rings. The third-order valence-electron chi connectivity index (χ3n) is 2.84. The molecule has 2 rings (SSSR count). The van der Waals surface area contributed by atoms with E-state index in [-0.39, 0.29) is 17.9 Å². The number of anilines is 2. The molecule has 1 heterocycles. The Bertz CT molecular complexity index is 615. The van der Waals surface area contributed by atoms with Crippen LogP contribution in [-0.2, 0) is 10.2 Å². The highest BCUT2D eigenvalue weighted by molar-refractivity contribution is 6.30. The van der Waals surface area contributed by atoms with Crippen molar-refractivity contribution in [2.45, 2.75) is 26.2 Å². The van der Waals surface area contributed by atoms with Gasteiger partial charge >= 0.3 is 0 Å². The minimum Gasteiger partial charge on any atom is -0.376 e. The fourth-order valence-electron chi connectivity index (χ4n) is 1.62. The van der Waals surface area contributed by atoms with Gasteiger partial charge in [-0.25, -0.2) is 0 Å². The summed E-state index contributed by atoms with van der Waals surface area (Å²) in [6, 6.07) is 8.87. The zero-order valence-electron chi connectivity index (χ0n) is 12.2. The normalized spacial score (nSPS) is 11.2. The van der Waals surface area contributed by atoms with Crippen molar-refractivity contribution in [2.75, 3.05) is 17.2 Å². The lowest BCUT2D eigenvalue weighted by molar-refractivity contribution is -0.114. The fraction of sp³-hybridized carbons (Fsp3) is 0.333. The average Bonchev–Trinajstić information content (AvgIpc) is 2.86. The SMILES string of the molecule is CC(C)(C)c1cc(NC(=O)CNc2ccc(Cl)cc2)on1. The van der Waals surface area contributed by atoms with Crippen LogP contribution in [0.4, 0.5) is 11.6 Å². The third kappa shape index (κ3) is 4.49. The van der Waals surface area contributed by atoms with E-state index < -0.39 is 0 Å². The summed E-state index contributed by atoms with van der Waals surface area (Å²) in [5.41, 5.74) is 1.50. The van der Waals surface area contributed by atoms with Crippen molar-refractivity contribution in [3.8, 4) is 0 Å². The average molecular weight is 308 g/mol. The molecule has 0 bridgehead atoms. The molecule has 1 aromatic heterocycles. The third-order valence-corrected chi connectivity index (χ3v) is 3.09. The number of hydrogen-bond donors (Lipinski definition) is 2. The van der Waals surface area contributed by atoms with Crippen LogP contribution in [0, 0.1) is 0 Å². The number of rotatable bonds is 4. The molecule has 0 saturated heterocycles. The van der Waals surface area contributed by atoms with Gasteiger partial charge in [-0.1, -0.05) is 37.5 Å². The van der Waals surface area contributed by atoms with Gasteiger partial charge in [0, 0.05) is 22.2 Å². The number of amides is 1. The van der Waals surface area contributed by atoms with E-state index >= 15 is 0 Å². The second-order valence-electron chi connectivity index (χ2n) is 5.74. The lowest BCUT2D eigenvalue weighted by atomic mass is 9.92. The van der Waals surface area contributed by atoms with Gasteiger partial charge in [0.2, 0.25) is 11.8 Å². The molecule has 112 valence electrons. The van der Waals surface area contributed by atoms with E-state index in [0.29, 0.717) is 10.9 Å². The highest BCUT2D eigenvalue weighted by Crippen LogP contribution is 2.23. The molecule has 0 unspecified atom stereocenters. The molecule has 0 saturated carbocycles. The summed E-state index contributed by atoms with van der Waals surface area (Å²) in [5.74, 6) is 0.143. The van der Waals surface area contributed by atoms with Crippen molar-refractivity contribution < 1.29 is 9.32 Å². The maximum Gasteiger partial charge on any atom is 0.246 e. The highest BCUT2D eigenvalue weighted by Gasteiger charge is 2.19. The van der Waals surface area contributed by atoms with Crippen molar-refractivity contribution in [1.29, 1.82) is 0 Å². The van der Waals surface area contributed by atoms with Crippen LogP contribution in [0.15, 0.2) is 34.9 Å². The molecule has 1 amide bonds. The molecule has 0 radical (unpaired) electrons. The van der Waals surface area contributed by atoms with Crippen LogP contribution in [0.3, 0.4) is 0 Å². The molecule has 6 heteroatoms. The Morgan fingerprint density at radius 3 is 2.52 bits per heavy atom. The van der Waals surface area contributed by atoms with Gasteiger partial charge in [-0.3, -0.25) is 10.1 Å². The fourth-order valence-corrected chi connectivity index (χ4v) is 1.75. The molecular formula is C15H18ClN3O2. The first-order valence-electron chi connectivity index (χ1n) is 6.61. The van der Waals surface area contributed by atoms with Crippen molar-refractivity contribution in [2.24, 2.45) is 0 Å². The molecular weight excluding hydrogens is 290 g/mol. The highest BCUT2D eigenvalue weighted by atomic mass is 35.5. The number of nitrogens with zero attached hydrogens (tertiary/aromatic N) is 1. The summed E-state index contributed by atoms with van der Waals surface area (Å²) < 4.78 is 5.10. The van der Waals surface area contributed by atoms with Gasteiger partial charge in [0.15, 0.2) is 0 Å². The van der Waals surface area contributed by atoms with Gasteiger partial charge in [0.1, 0.15) is 0 Å². The first kappa shape index (κ1) is 15.4. The van der Waals surface area contributed by atoms with Gasteiger partial charge in [-0.2, -0.15) is 0 Å². The quantitative estimate of drug-likeness (QED) is 0.904.